The van der Waals surface area contributed by atoms with Gasteiger partial charge in [0, 0.05) is 12.4 Å². The molecule has 0 unspecified atom stereocenters. The van der Waals surface area contributed by atoms with E-state index >= 15 is 0 Å². The van der Waals surface area contributed by atoms with Gasteiger partial charge in [-0.25, -0.2) is 0 Å². The number of aromatic nitrogens is 1. The van der Waals surface area contributed by atoms with E-state index in [1.54, 1.807) is 12.4 Å². The molecule has 0 fully saturated rings. The Balaban J connectivity index is 0.000000151. The number of aryl methyl sites for hydroxylation is 1. The average Bonchev–Trinajstić information content (AvgIpc) is 2.25. The monoisotopic (exact) mass is 201 g/mol. The molecular weight excluding hydrogens is 190 g/mol. The second kappa shape index (κ2) is 5.65. The fourth-order valence-electron chi connectivity index (χ4n) is 0.866. The van der Waals surface area contributed by atoms with Crippen LogP contribution in [0, 0.1) is 6.92 Å². The molecule has 1 heterocycles. The van der Waals surface area contributed by atoms with E-state index in [2.05, 4.69) is 4.98 Å². The van der Waals surface area contributed by atoms with E-state index in [1.165, 1.54) is 29.9 Å². The molecule has 0 bridgehead atoms. The molecule has 1 aromatic heterocycles. The molecule has 76 valence electrons. The third-order valence-corrected chi connectivity index (χ3v) is 1.67. The zero-order valence-electron chi connectivity index (χ0n) is 8.38. The van der Waals surface area contributed by atoms with Crippen LogP contribution >= 0.6 is 0 Å². The zero-order chi connectivity index (χ0) is 11.1. The van der Waals surface area contributed by atoms with Crippen molar-refractivity contribution in [2.24, 2.45) is 0 Å². The molecule has 1 aromatic rings. The number of allylic oxidation sites excluding steroid dienone is 4. The van der Waals surface area contributed by atoms with Gasteiger partial charge in [0.25, 0.3) is 0 Å². The summed E-state index contributed by atoms with van der Waals surface area (Å²) in [6.45, 7) is 2.04. The second-order valence-corrected chi connectivity index (χ2v) is 3.00. The molecule has 1 aliphatic carbocycles. The molecule has 15 heavy (non-hydrogen) atoms. The number of carbonyl (C=O) groups is 2. The van der Waals surface area contributed by atoms with E-state index in [0.29, 0.717) is 0 Å². The van der Waals surface area contributed by atoms with Crippen molar-refractivity contribution in [2.45, 2.75) is 6.92 Å². The maximum atomic E-state index is 10.3. The maximum Gasteiger partial charge on any atom is 0.178 e. The van der Waals surface area contributed by atoms with Crippen molar-refractivity contribution in [3.63, 3.8) is 0 Å². The van der Waals surface area contributed by atoms with Gasteiger partial charge in [-0.2, -0.15) is 0 Å². The van der Waals surface area contributed by atoms with Gasteiger partial charge in [0.2, 0.25) is 0 Å². The highest BCUT2D eigenvalue weighted by molar-refractivity contribution is 6.14. The Morgan fingerprint density at radius 3 is 1.53 bits per heavy atom. The first-order chi connectivity index (χ1) is 7.18. The fraction of sp³-hybridized carbons (Fsp3) is 0.0833. The standard InChI is InChI=1S/C6H7N.C6H4O2/c1-6-2-4-7-5-3-6;7-5-1-2-6(8)4-3-5/h2-5H,1H3;1-4H. The van der Waals surface area contributed by atoms with Gasteiger partial charge in [0.05, 0.1) is 0 Å². The molecule has 0 aromatic carbocycles. The quantitative estimate of drug-likeness (QED) is 0.599. The van der Waals surface area contributed by atoms with E-state index < -0.39 is 0 Å². The Morgan fingerprint density at radius 2 is 1.27 bits per heavy atom. The zero-order valence-corrected chi connectivity index (χ0v) is 8.38. The van der Waals surface area contributed by atoms with Crippen molar-refractivity contribution in [1.82, 2.24) is 4.98 Å². The molecule has 2 rings (SSSR count). The van der Waals surface area contributed by atoms with Gasteiger partial charge in [-0.3, -0.25) is 14.6 Å². The van der Waals surface area contributed by atoms with Crippen LogP contribution in [0.25, 0.3) is 0 Å². The van der Waals surface area contributed by atoms with Crippen LogP contribution in [0.1, 0.15) is 5.56 Å². The molecule has 0 radical (unpaired) electrons. The lowest BCUT2D eigenvalue weighted by Gasteiger charge is -1.87. The Labute approximate surface area is 88.1 Å². The Morgan fingerprint density at radius 1 is 0.867 bits per heavy atom. The molecule has 0 spiro atoms. The lowest BCUT2D eigenvalue weighted by Crippen LogP contribution is -1.97. The molecule has 0 amide bonds. The van der Waals surface area contributed by atoms with Gasteiger partial charge < -0.3 is 0 Å². The number of nitrogens with zero attached hydrogens (tertiary/aromatic N) is 1. The Hall–Kier alpha value is -2.03. The summed E-state index contributed by atoms with van der Waals surface area (Å²) >= 11 is 0. The molecule has 0 N–H and O–H groups in total. The van der Waals surface area contributed by atoms with Crippen LogP contribution in [0.4, 0.5) is 0 Å². The summed E-state index contributed by atoms with van der Waals surface area (Å²) in [7, 11) is 0. The number of rotatable bonds is 0. The number of hydrogen-bond donors (Lipinski definition) is 0. The summed E-state index contributed by atoms with van der Waals surface area (Å²) in [5, 5.41) is 0. The second-order valence-electron chi connectivity index (χ2n) is 3.00. The topological polar surface area (TPSA) is 47.0 Å². The third kappa shape index (κ3) is 4.67. The first-order valence-corrected chi connectivity index (χ1v) is 4.49. The highest BCUT2D eigenvalue weighted by Gasteiger charge is 1.97. The molecule has 0 saturated carbocycles. The van der Waals surface area contributed by atoms with Gasteiger partial charge in [0.1, 0.15) is 0 Å². The number of hydrogen-bond acceptors (Lipinski definition) is 3. The van der Waals surface area contributed by atoms with E-state index in [9.17, 15) is 9.59 Å². The summed E-state index contributed by atoms with van der Waals surface area (Å²) in [4.78, 5) is 24.4. The summed E-state index contributed by atoms with van der Waals surface area (Å²) < 4.78 is 0. The van der Waals surface area contributed by atoms with Crippen LogP contribution in [0.3, 0.4) is 0 Å². The van der Waals surface area contributed by atoms with Crippen LogP contribution in [-0.2, 0) is 9.59 Å². The summed E-state index contributed by atoms with van der Waals surface area (Å²) in [5.74, 6) is -0.241. The van der Waals surface area contributed by atoms with E-state index in [4.69, 9.17) is 0 Å². The van der Waals surface area contributed by atoms with Crippen molar-refractivity contribution < 1.29 is 9.59 Å². The first kappa shape index (κ1) is 11.0. The molecule has 0 atom stereocenters. The maximum absolute atomic E-state index is 10.3. The lowest BCUT2D eigenvalue weighted by atomic mass is 10.2. The predicted molar refractivity (Wildman–Crippen MR) is 57.3 cm³/mol. The Bertz CT molecular complexity index is 367. The Kier molecular flexibility index (Phi) is 4.16. The summed E-state index contributed by atoms with van der Waals surface area (Å²) in [6.07, 6.45) is 8.58. The van der Waals surface area contributed by atoms with Crippen molar-refractivity contribution in [3.05, 3.63) is 54.4 Å². The predicted octanol–water partition coefficient (Wildman–Crippen LogP) is 1.64. The van der Waals surface area contributed by atoms with Gasteiger partial charge in [-0.1, -0.05) is 0 Å². The fourth-order valence-corrected chi connectivity index (χ4v) is 0.866. The minimum absolute atomic E-state index is 0.121. The van der Waals surface area contributed by atoms with Crippen LogP contribution in [0.5, 0.6) is 0 Å². The van der Waals surface area contributed by atoms with Gasteiger partial charge in [-0.15, -0.1) is 0 Å². The van der Waals surface area contributed by atoms with Crippen molar-refractivity contribution in [3.8, 4) is 0 Å². The van der Waals surface area contributed by atoms with Crippen molar-refractivity contribution >= 4 is 11.6 Å². The van der Waals surface area contributed by atoms with Crippen LogP contribution in [-0.4, -0.2) is 16.6 Å². The SMILES string of the molecule is Cc1ccncc1.O=C1C=CC(=O)C=C1. The highest BCUT2D eigenvalue weighted by atomic mass is 16.1. The van der Waals surface area contributed by atoms with E-state index in [0.717, 1.165) is 0 Å². The molecular formula is C12H11NO2. The number of ketones is 2. The normalized spacial score (nSPS) is 13.4. The minimum atomic E-state index is -0.121. The average molecular weight is 201 g/mol. The summed E-state index contributed by atoms with van der Waals surface area (Å²) in [5.41, 5.74) is 1.26. The number of carbonyl (C=O) groups excluding carboxylic acids is 2. The molecule has 3 heteroatoms. The van der Waals surface area contributed by atoms with Crippen molar-refractivity contribution in [1.29, 1.82) is 0 Å². The van der Waals surface area contributed by atoms with Crippen LogP contribution in [0.2, 0.25) is 0 Å². The van der Waals surface area contributed by atoms with Gasteiger partial charge in [0.15, 0.2) is 11.6 Å². The molecule has 0 saturated heterocycles. The molecule has 1 aliphatic rings. The van der Waals surface area contributed by atoms with Gasteiger partial charge in [-0.05, 0) is 48.9 Å². The number of pyridine rings is 1. The van der Waals surface area contributed by atoms with E-state index in [1.807, 2.05) is 19.1 Å². The molecule has 3 nitrogen and oxygen atoms in total. The van der Waals surface area contributed by atoms with Gasteiger partial charge >= 0.3 is 0 Å². The van der Waals surface area contributed by atoms with Crippen LogP contribution in [0.15, 0.2) is 48.8 Å². The molecule has 0 aliphatic heterocycles. The summed E-state index contributed by atoms with van der Waals surface area (Å²) in [6, 6.07) is 3.94. The lowest BCUT2D eigenvalue weighted by molar-refractivity contribution is -0.113. The van der Waals surface area contributed by atoms with Crippen LogP contribution < -0.4 is 0 Å². The first-order valence-electron chi connectivity index (χ1n) is 4.49. The highest BCUT2D eigenvalue weighted by Crippen LogP contribution is 1.90. The van der Waals surface area contributed by atoms with E-state index in [-0.39, 0.29) is 11.6 Å². The minimum Gasteiger partial charge on any atom is -0.290 e. The van der Waals surface area contributed by atoms with Crippen molar-refractivity contribution in [2.75, 3.05) is 0 Å². The third-order valence-electron chi connectivity index (χ3n) is 1.67. The largest absolute Gasteiger partial charge is 0.290 e. The smallest absolute Gasteiger partial charge is 0.178 e.